The first-order chi connectivity index (χ1) is 8.33. The fourth-order valence-corrected chi connectivity index (χ4v) is 1.09. The summed E-state index contributed by atoms with van der Waals surface area (Å²) in [6.45, 7) is 1.42. The van der Waals surface area contributed by atoms with E-state index in [-0.39, 0.29) is 11.6 Å². The van der Waals surface area contributed by atoms with Crippen molar-refractivity contribution in [2.75, 3.05) is 0 Å². The Hall–Kier alpha value is -2.12. The van der Waals surface area contributed by atoms with Gasteiger partial charge in [0.25, 0.3) is 0 Å². The summed E-state index contributed by atoms with van der Waals surface area (Å²) in [5.74, 6) is -0.923. The van der Waals surface area contributed by atoms with E-state index >= 15 is 0 Å². The second-order valence-electron chi connectivity index (χ2n) is 3.28. The van der Waals surface area contributed by atoms with E-state index in [1.165, 1.54) is 25.1 Å². The van der Waals surface area contributed by atoms with E-state index < -0.39 is 18.2 Å². The molecular formula is C10H11F3N2O3. The third kappa shape index (κ3) is 4.04. The number of amidine groups is 1. The second-order valence-corrected chi connectivity index (χ2v) is 3.28. The molecule has 0 heterocycles. The quantitative estimate of drug-likeness (QED) is 0.378. The molecule has 0 aliphatic heterocycles. The van der Waals surface area contributed by atoms with E-state index in [9.17, 15) is 13.2 Å². The van der Waals surface area contributed by atoms with Crippen molar-refractivity contribution in [1.82, 2.24) is 0 Å². The molecule has 100 valence electrons. The molecule has 0 aliphatic rings. The van der Waals surface area contributed by atoms with Crippen LogP contribution in [0, 0.1) is 0 Å². The molecule has 1 aromatic carbocycles. The van der Waals surface area contributed by atoms with Gasteiger partial charge in [-0.3, -0.25) is 0 Å². The fourth-order valence-electron chi connectivity index (χ4n) is 1.09. The zero-order valence-corrected chi connectivity index (χ0v) is 9.31. The molecule has 0 aromatic heterocycles. The van der Waals surface area contributed by atoms with Crippen LogP contribution in [0.25, 0.3) is 0 Å². The van der Waals surface area contributed by atoms with Crippen molar-refractivity contribution in [3.05, 3.63) is 24.3 Å². The summed E-state index contributed by atoms with van der Waals surface area (Å²) in [7, 11) is 0. The van der Waals surface area contributed by atoms with Gasteiger partial charge in [-0.2, -0.15) is 0 Å². The molecular weight excluding hydrogens is 253 g/mol. The lowest BCUT2D eigenvalue weighted by Gasteiger charge is -2.17. The molecule has 1 aromatic rings. The van der Waals surface area contributed by atoms with Crippen molar-refractivity contribution in [2.45, 2.75) is 19.4 Å². The first-order valence-corrected chi connectivity index (χ1v) is 4.82. The van der Waals surface area contributed by atoms with Gasteiger partial charge in [-0.15, -0.1) is 13.2 Å². The van der Waals surface area contributed by atoms with Crippen LogP contribution in [0.2, 0.25) is 0 Å². The van der Waals surface area contributed by atoms with Crippen LogP contribution in [0.15, 0.2) is 29.4 Å². The zero-order chi connectivity index (χ0) is 13.8. The van der Waals surface area contributed by atoms with Gasteiger partial charge in [0.1, 0.15) is 0 Å². The maximum atomic E-state index is 12.1. The standard InChI is InChI=1S/C10H11F3N2O3/c1-6(9(14)15-16)17-7-4-2-3-5-8(7)18-10(11,12)13/h2-6,16H,1H3,(H2,14,15). The number of oxime groups is 1. The Kier molecular flexibility index (Phi) is 4.24. The average molecular weight is 264 g/mol. The summed E-state index contributed by atoms with van der Waals surface area (Å²) in [6.07, 6.45) is -5.72. The lowest BCUT2D eigenvalue weighted by molar-refractivity contribution is -0.275. The van der Waals surface area contributed by atoms with Crippen LogP contribution in [-0.2, 0) is 0 Å². The van der Waals surface area contributed by atoms with Gasteiger partial charge >= 0.3 is 6.36 Å². The first kappa shape index (κ1) is 13.9. The largest absolute Gasteiger partial charge is 0.573 e. The van der Waals surface area contributed by atoms with Crippen LogP contribution < -0.4 is 15.2 Å². The van der Waals surface area contributed by atoms with E-state index in [4.69, 9.17) is 15.7 Å². The normalized spacial score (nSPS) is 14.1. The Morgan fingerprint density at radius 1 is 1.33 bits per heavy atom. The minimum Gasteiger partial charge on any atom is -0.479 e. The van der Waals surface area contributed by atoms with Gasteiger partial charge in [-0.05, 0) is 19.1 Å². The molecule has 0 saturated carbocycles. The van der Waals surface area contributed by atoms with Crippen LogP contribution in [0.4, 0.5) is 13.2 Å². The summed E-state index contributed by atoms with van der Waals surface area (Å²) in [6, 6.07) is 5.21. The number of hydrogen-bond acceptors (Lipinski definition) is 4. The summed E-state index contributed by atoms with van der Waals surface area (Å²) >= 11 is 0. The molecule has 18 heavy (non-hydrogen) atoms. The number of ether oxygens (including phenoxy) is 2. The zero-order valence-electron chi connectivity index (χ0n) is 9.31. The number of halogens is 3. The highest BCUT2D eigenvalue weighted by atomic mass is 19.4. The van der Waals surface area contributed by atoms with Gasteiger partial charge in [-0.1, -0.05) is 17.3 Å². The van der Waals surface area contributed by atoms with Crippen molar-refractivity contribution in [3.8, 4) is 11.5 Å². The van der Waals surface area contributed by atoms with Gasteiger partial charge in [0.2, 0.25) is 0 Å². The third-order valence-electron chi connectivity index (χ3n) is 1.91. The molecule has 1 atom stereocenters. The Morgan fingerprint density at radius 3 is 2.39 bits per heavy atom. The highest BCUT2D eigenvalue weighted by Crippen LogP contribution is 2.32. The van der Waals surface area contributed by atoms with Crippen LogP contribution in [0.5, 0.6) is 11.5 Å². The Morgan fingerprint density at radius 2 is 1.89 bits per heavy atom. The number of nitrogens with two attached hydrogens (primary N) is 1. The Balaban J connectivity index is 2.89. The summed E-state index contributed by atoms with van der Waals surface area (Å²) in [4.78, 5) is 0. The number of nitrogens with zero attached hydrogens (tertiary/aromatic N) is 1. The molecule has 5 nitrogen and oxygen atoms in total. The van der Waals surface area contributed by atoms with Crippen LogP contribution in [0.3, 0.4) is 0 Å². The van der Waals surface area contributed by atoms with Crippen LogP contribution in [-0.4, -0.2) is 23.5 Å². The molecule has 8 heteroatoms. The van der Waals surface area contributed by atoms with Gasteiger partial charge in [0.05, 0.1) is 0 Å². The Labute approximate surface area is 101 Å². The monoisotopic (exact) mass is 264 g/mol. The van der Waals surface area contributed by atoms with Gasteiger partial charge in [0.15, 0.2) is 23.4 Å². The minimum atomic E-state index is -4.82. The molecule has 1 rings (SSSR count). The Bertz CT molecular complexity index is 435. The molecule has 0 saturated heterocycles. The molecule has 0 aliphatic carbocycles. The second kappa shape index (κ2) is 5.48. The average Bonchev–Trinajstić information content (AvgIpc) is 2.28. The maximum absolute atomic E-state index is 12.1. The third-order valence-corrected chi connectivity index (χ3v) is 1.91. The molecule has 0 fully saturated rings. The summed E-state index contributed by atoms with van der Waals surface area (Å²) < 4.78 is 45.2. The number of benzene rings is 1. The van der Waals surface area contributed by atoms with Crippen LogP contribution in [0.1, 0.15) is 6.92 Å². The summed E-state index contributed by atoms with van der Waals surface area (Å²) in [5.41, 5.74) is 5.25. The number of para-hydroxylation sites is 2. The van der Waals surface area contributed by atoms with Gasteiger partial charge in [-0.25, -0.2) is 0 Å². The fraction of sp³-hybridized carbons (Fsp3) is 0.300. The first-order valence-electron chi connectivity index (χ1n) is 4.82. The molecule has 1 unspecified atom stereocenters. The predicted octanol–water partition coefficient (Wildman–Crippen LogP) is 2.10. The van der Waals surface area contributed by atoms with E-state index in [2.05, 4.69) is 9.89 Å². The van der Waals surface area contributed by atoms with Crippen molar-refractivity contribution in [2.24, 2.45) is 10.9 Å². The molecule has 0 amide bonds. The van der Waals surface area contributed by atoms with E-state index in [0.717, 1.165) is 6.07 Å². The number of alkyl halides is 3. The highest BCUT2D eigenvalue weighted by molar-refractivity contribution is 5.84. The minimum absolute atomic E-state index is 0.158. The van der Waals surface area contributed by atoms with Gasteiger partial charge in [0, 0.05) is 0 Å². The van der Waals surface area contributed by atoms with Crippen LogP contribution >= 0.6 is 0 Å². The molecule has 3 N–H and O–H groups in total. The SMILES string of the molecule is CC(Oc1ccccc1OC(F)(F)F)/C(N)=N/O. The summed E-state index contributed by atoms with van der Waals surface area (Å²) in [5, 5.41) is 11.1. The highest BCUT2D eigenvalue weighted by Gasteiger charge is 2.32. The predicted molar refractivity (Wildman–Crippen MR) is 56.6 cm³/mol. The van der Waals surface area contributed by atoms with E-state index in [0.29, 0.717) is 0 Å². The molecule has 0 spiro atoms. The number of hydrogen-bond donors (Lipinski definition) is 2. The van der Waals surface area contributed by atoms with Crippen molar-refractivity contribution in [3.63, 3.8) is 0 Å². The van der Waals surface area contributed by atoms with Crippen molar-refractivity contribution < 1.29 is 27.9 Å². The lowest BCUT2D eigenvalue weighted by atomic mass is 10.3. The van der Waals surface area contributed by atoms with E-state index in [1.54, 1.807) is 0 Å². The smallest absolute Gasteiger partial charge is 0.479 e. The number of rotatable bonds is 4. The van der Waals surface area contributed by atoms with E-state index in [1.807, 2.05) is 0 Å². The topological polar surface area (TPSA) is 77.1 Å². The lowest BCUT2D eigenvalue weighted by Crippen LogP contribution is -2.31. The molecule has 0 bridgehead atoms. The maximum Gasteiger partial charge on any atom is 0.573 e. The molecule has 0 radical (unpaired) electrons. The van der Waals surface area contributed by atoms with Crippen molar-refractivity contribution >= 4 is 5.84 Å². The van der Waals surface area contributed by atoms with Crippen molar-refractivity contribution in [1.29, 1.82) is 0 Å². The van der Waals surface area contributed by atoms with Gasteiger partial charge < -0.3 is 20.4 Å².